The maximum absolute atomic E-state index is 13.6. The van der Waals surface area contributed by atoms with Crippen molar-refractivity contribution >= 4 is 21.6 Å². The molecule has 3 aromatic rings. The van der Waals surface area contributed by atoms with Gasteiger partial charge in [0, 0.05) is 11.4 Å². The summed E-state index contributed by atoms with van der Waals surface area (Å²) in [6.45, 7) is 10.4. The zero-order valence-electron chi connectivity index (χ0n) is 19.7. The monoisotopic (exact) mass is 453 g/mol. The molecule has 2 heterocycles. The summed E-state index contributed by atoms with van der Waals surface area (Å²) >= 11 is 1.75. The molecular weight excluding hydrogens is 418 g/mol. The van der Waals surface area contributed by atoms with Crippen molar-refractivity contribution in [3.05, 3.63) is 56.4 Å². The van der Waals surface area contributed by atoms with Gasteiger partial charge in [-0.1, -0.05) is 26.0 Å². The Balaban J connectivity index is 1.53. The smallest absolute Gasteiger partial charge is 0.262 e. The zero-order chi connectivity index (χ0) is 22.5. The molecule has 1 aliphatic carbocycles. The second-order valence-electron chi connectivity index (χ2n) is 8.71. The Kier molecular flexibility index (Phi) is 7.63. The maximum Gasteiger partial charge on any atom is 0.262 e. The van der Waals surface area contributed by atoms with Crippen LogP contribution in [0.1, 0.15) is 61.4 Å². The minimum atomic E-state index is 0.163. The number of aryl methyl sites for hydroxylation is 3. The van der Waals surface area contributed by atoms with Gasteiger partial charge in [-0.3, -0.25) is 14.3 Å². The summed E-state index contributed by atoms with van der Waals surface area (Å²) in [6.07, 6.45) is 6.32. The largest absolute Gasteiger partial charge is 0.494 e. The van der Waals surface area contributed by atoms with E-state index in [1.807, 2.05) is 16.7 Å². The van der Waals surface area contributed by atoms with E-state index in [1.54, 1.807) is 11.3 Å². The third-order valence-corrected chi connectivity index (χ3v) is 7.63. The van der Waals surface area contributed by atoms with Crippen LogP contribution in [0.5, 0.6) is 5.75 Å². The maximum atomic E-state index is 13.6. The van der Waals surface area contributed by atoms with Gasteiger partial charge in [-0.15, -0.1) is 11.3 Å². The van der Waals surface area contributed by atoms with Gasteiger partial charge in [0.05, 0.1) is 18.5 Å². The minimum absolute atomic E-state index is 0.163. The van der Waals surface area contributed by atoms with Crippen LogP contribution in [0.15, 0.2) is 29.1 Å². The Hall–Kier alpha value is -2.18. The quantitative estimate of drug-likeness (QED) is 0.389. The number of benzene rings is 1. The third-order valence-electron chi connectivity index (χ3n) is 6.45. The van der Waals surface area contributed by atoms with Gasteiger partial charge in [0.2, 0.25) is 0 Å². The molecule has 172 valence electrons. The van der Waals surface area contributed by atoms with E-state index in [-0.39, 0.29) is 5.56 Å². The third kappa shape index (κ3) is 5.07. The average molecular weight is 454 g/mol. The first-order valence-corrected chi connectivity index (χ1v) is 12.9. The lowest BCUT2D eigenvalue weighted by Crippen LogP contribution is -2.31. The molecule has 4 rings (SSSR count). The number of hydrogen-bond donors (Lipinski definition) is 0. The Morgan fingerprint density at radius 2 is 1.97 bits per heavy atom. The lowest BCUT2D eigenvalue weighted by atomic mass is 9.97. The molecule has 1 aromatic carbocycles. The first-order valence-electron chi connectivity index (χ1n) is 12.1. The molecule has 1 aliphatic rings. The SMILES string of the molecule is CCN(CC)Cc1nc2sc3c(c2c(=O)n1CCCCOc1cccc(C)c1)CCCC3. The molecule has 5 nitrogen and oxygen atoms in total. The van der Waals surface area contributed by atoms with Gasteiger partial charge in [-0.25, -0.2) is 4.98 Å². The molecule has 0 bridgehead atoms. The van der Waals surface area contributed by atoms with Gasteiger partial charge in [-0.2, -0.15) is 0 Å². The van der Waals surface area contributed by atoms with Crippen molar-refractivity contribution < 1.29 is 4.74 Å². The molecule has 0 unspecified atom stereocenters. The molecule has 0 radical (unpaired) electrons. The van der Waals surface area contributed by atoms with E-state index in [0.717, 1.165) is 67.1 Å². The summed E-state index contributed by atoms with van der Waals surface area (Å²) in [5.41, 5.74) is 2.64. The average Bonchev–Trinajstić information content (AvgIpc) is 3.17. The number of nitrogens with zero attached hydrogens (tertiary/aromatic N) is 3. The van der Waals surface area contributed by atoms with E-state index < -0.39 is 0 Å². The summed E-state index contributed by atoms with van der Waals surface area (Å²) in [5.74, 6) is 1.82. The molecule has 0 amide bonds. The molecule has 32 heavy (non-hydrogen) atoms. The Bertz CT molecular complexity index is 1110. The van der Waals surface area contributed by atoms with Crippen LogP contribution in [0.4, 0.5) is 0 Å². The first-order chi connectivity index (χ1) is 15.6. The van der Waals surface area contributed by atoms with Gasteiger partial charge >= 0.3 is 0 Å². The van der Waals surface area contributed by atoms with Gasteiger partial charge < -0.3 is 4.74 Å². The Morgan fingerprint density at radius 1 is 1.16 bits per heavy atom. The van der Waals surface area contributed by atoms with Crippen molar-refractivity contribution in [3.63, 3.8) is 0 Å². The summed E-state index contributed by atoms with van der Waals surface area (Å²) in [5, 5.41) is 0.893. The summed E-state index contributed by atoms with van der Waals surface area (Å²) in [7, 11) is 0. The van der Waals surface area contributed by atoms with Gasteiger partial charge in [0.15, 0.2) is 0 Å². The molecule has 0 fully saturated rings. The molecule has 0 N–H and O–H groups in total. The number of hydrogen-bond acceptors (Lipinski definition) is 5. The molecule has 0 saturated carbocycles. The van der Waals surface area contributed by atoms with Crippen LogP contribution < -0.4 is 10.3 Å². The number of ether oxygens (including phenoxy) is 1. The highest BCUT2D eigenvalue weighted by Gasteiger charge is 2.22. The topological polar surface area (TPSA) is 47.4 Å². The lowest BCUT2D eigenvalue weighted by Gasteiger charge is -2.20. The first kappa shape index (κ1) is 23.0. The van der Waals surface area contributed by atoms with Gasteiger partial charge in [-0.05, 0) is 81.8 Å². The van der Waals surface area contributed by atoms with E-state index in [4.69, 9.17) is 9.72 Å². The second kappa shape index (κ2) is 10.6. The highest BCUT2D eigenvalue weighted by Crippen LogP contribution is 2.34. The highest BCUT2D eigenvalue weighted by atomic mass is 32.1. The highest BCUT2D eigenvalue weighted by molar-refractivity contribution is 7.18. The fourth-order valence-corrected chi connectivity index (χ4v) is 5.82. The summed E-state index contributed by atoms with van der Waals surface area (Å²) < 4.78 is 7.86. The number of fused-ring (bicyclic) bond motifs is 3. The van der Waals surface area contributed by atoms with Crippen LogP contribution in [0.3, 0.4) is 0 Å². The van der Waals surface area contributed by atoms with Crippen LogP contribution in [-0.2, 0) is 25.9 Å². The molecule has 0 saturated heterocycles. The van der Waals surface area contributed by atoms with Crippen LogP contribution in [0.2, 0.25) is 0 Å². The number of rotatable bonds is 10. The standard InChI is InChI=1S/C26H35N3O2S/c1-4-28(5-2)18-23-27-25-24(21-13-6-7-14-22(21)32-25)26(30)29(23)15-8-9-16-31-20-12-10-11-19(3)17-20/h10-12,17H,4-9,13-16,18H2,1-3H3. The predicted molar refractivity (Wildman–Crippen MR) is 133 cm³/mol. The number of unbranched alkanes of at least 4 members (excludes halogenated alkanes) is 1. The number of aromatic nitrogens is 2. The Morgan fingerprint density at radius 3 is 2.75 bits per heavy atom. The minimum Gasteiger partial charge on any atom is -0.494 e. The van der Waals surface area contributed by atoms with Crippen molar-refractivity contribution in [2.45, 2.75) is 72.4 Å². The molecule has 0 atom stereocenters. The van der Waals surface area contributed by atoms with Crippen LogP contribution in [0, 0.1) is 6.92 Å². The van der Waals surface area contributed by atoms with E-state index in [9.17, 15) is 4.79 Å². The molecular formula is C26H35N3O2S. The van der Waals surface area contributed by atoms with E-state index in [1.165, 1.54) is 28.8 Å². The molecule has 0 spiro atoms. The molecule has 2 aromatic heterocycles. The zero-order valence-corrected chi connectivity index (χ0v) is 20.5. The van der Waals surface area contributed by atoms with Crippen molar-refractivity contribution in [1.29, 1.82) is 0 Å². The summed E-state index contributed by atoms with van der Waals surface area (Å²) in [6, 6.07) is 8.15. The van der Waals surface area contributed by atoms with Gasteiger partial charge in [0.1, 0.15) is 16.4 Å². The predicted octanol–water partition coefficient (Wildman–Crippen LogP) is 5.35. The molecule has 6 heteroatoms. The van der Waals surface area contributed by atoms with Crippen molar-refractivity contribution in [3.8, 4) is 5.75 Å². The van der Waals surface area contributed by atoms with Gasteiger partial charge in [0.25, 0.3) is 5.56 Å². The normalized spacial score (nSPS) is 13.6. The number of thiophene rings is 1. The van der Waals surface area contributed by atoms with Crippen molar-refractivity contribution in [2.75, 3.05) is 19.7 Å². The fourth-order valence-electron chi connectivity index (χ4n) is 4.55. The fraction of sp³-hybridized carbons (Fsp3) is 0.538. The van der Waals surface area contributed by atoms with E-state index in [2.05, 4.69) is 37.8 Å². The molecule has 0 aliphatic heterocycles. The van der Waals surface area contributed by atoms with Crippen molar-refractivity contribution in [1.82, 2.24) is 14.5 Å². The van der Waals surface area contributed by atoms with Crippen LogP contribution in [-0.4, -0.2) is 34.1 Å². The van der Waals surface area contributed by atoms with Crippen LogP contribution in [0.25, 0.3) is 10.2 Å². The summed E-state index contributed by atoms with van der Waals surface area (Å²) in [4.78, 5) is 23.3. The Labute approximate surface area is 195 Å². The van der Waals surface area contributed by atoms with Crippen LogP contribution >= 0.6 is 11.3 Å². The second-order valence-corrected chi connectivity index (χ2v) is 9.79. The lowest BCUT2D eigenvalue weighted by molar-refractivity contribution is 0.278. The van der Waals surface area contributed by atoms with E-state index in [0.29, 0.717) is 13.2 Å². The van der Waals surface area contributed by atoms with Crippen molar-refractivity contribution in [2.24, 2.45) is 0 Å². The van der Waals surface area contributed by atoms with E-state index >= 15 is 0 Å².